The van der Waals surface area contributed by atoms with Crippen LogP contribution < -0.4 is 10.2 Å². The van der Waals surface area contributed by atoms with Crippen molar-refractivity contribution >= 4 is 11.6 Å². The molecule has 5 heteroatoms. The van der Waals surface area contributed by atoms with Crippen LogP contribution in [0.3, 0.4) is 0 Å². The van der Waals surface area contributed by atoms with Crippen molar-refractivity contribution < 1.29 is 4.79 Å². The van der Waals surface area contributed by atoms with E-state index in [0.717, 1.165) is 18.7 Å². The molecule has 0 atom stereocenters. The highest BCUT2D eigenvalue weighted by Crippen LogP contribution is 2.14. The molecular weight excluding hydrogens is 216 g/mol. The predicted molar refractivity (Wildman–Crippen MR) is 65.5 cm³/mol. The van der Waals surface area contributed by atoms with Crippen molar-refractivity contribution in [2.45, 2.75) is 13.3 Å². The molecule has 0 saturated carbocycles. The standard InChI is InChI=1S/C12H16N4O/c1-3-6-16(9-12(17)14-2)11-4-5-15-10(7-11)8-13/h4-5,7H,3,6,9H2,1-2H3,(H,14,17). The lowest BCUT2D eigenvalue weighted by molar-refractivity contribution is -0.119. The van der Waals surface area contributed by atoms with Gasteiger partial charge in [0.15, 0.2) is 0 Å². The van der Waals surface area contributed by atoms with E-state index in [9.17, 15) is 4.79 Å². The van der Waals surface area contributed by atoms with Crippen LogP contribution in [0.15, 0.2) is 18.3 Å². The lowest BCUT2D eigenvalue weighted by Gasteiger charge is -2.23. The summed E-state index contributed by atoms with van der Waals surface area (Å²) in [5, 5.41) is 11.4. The number of aromatic nitrogens is 1. The minimum atomic E-state index is -0.0474. The number of likely N-dealkylation sites (N-methyl/N-ethyl adjacent to an activating group) is 1. The number of nitriles is 1. The molecule has 1 heterocycles. The summed E-state index contributed by atoms with van der Waals surface area (Å²) in [5.74, 6) is -0.0474. The minimum Gasteiger partial charge on any atom is -0.362 e. The number of amides is 1. The minimum absolute atomic E-state index is 0.0474. The first kappa shape index (κ1) is 13.0. The van der Waals surface area contributed by atoms with Crippen LogP contribution in [-0.2, 0) is 4.79 Å². The molecule has 0 aliphatic rings. The topological polar surface area (TPSA) is 69.0 Å². The quantitative estimate of drug-likeness (QED) is 0.819. The molecule has 1 aromatic heterocycles. The second kappa shape index (κ2) is 6.48. The number of carbonyl (C=O) groups is 1. The van der Waals surface area contributed by atoms with E-state index < -0.39 is 0 Å². The lowest BCUT2D eigenvalue weighted by atomic mass is 10.2. The van der Waals surface area contributed by atoms with Gasteiger partial charge in [-0.2, -0.15) is 5.26 Å². The van der Waals surface area contributed by atoms with Crippen LogP contribution in [0.25, 0.3) is 0 Å². The number of nitrogens with zero attached hydrogens (tertiary/aromatic N) is 3. The first-order valence-electron chi connectivity index (χ1n) is 5.53. The molecule has 1 aromatic rings. The van der Waals surface area contributed by atoms with Gasteiger partial charge < -0.3 is 10.2 Å². The van der Waals surface area contributed by atoms with Crippen molar-refractivity contribution in [3.05, 3.63) is 24.0 Å². The van der Waals surface area contributed by atoms with E-state index in [-0.39, 0.29) is 5.91 Å². The Morgan fingerprint density at radius 1 is 1.65 bits per heavy atom. The van der Waals surface area contributed by atoms with Crippen molar-refractivity contribution in [3.8, 4) is 6.07 Å². The second-order valence-corrected chi connectivity index (χ2v) is 3.61. The smallest absolute Gasteiger partial charge is 0.239 e. The maximum absolute atomic E-state index is 11.4. The molecule has 0 aliphatic heterocycles. The molecule has 0 bridgehead atoms. The van der Waals surface area contributed by atoms with Gasteiger partial charge in [-0.25, -0.2) is 4.98 Å². The Hall–Kier alpha value is -2.09. The van der Waals surface area contributed by atoms with Crippen LogP contribution in [0.1, 0.15) is 19.0 Å². The molecule has 5 nitrogen and oxygen atoms in total. The van der Waals surface area contributed by atoms with Gasteiger partial charge in [0, 0.05) is 25.5 Å². The highest BCUT2D eigenvalue weighted by Gasteiger charge is 2.10. The maximum Gasteiger partial charge on any atom is 0.239 e. The van der Waals surface area contributed by atoms with Crippen molar-refractivity contribution in [2.75, 3.05) is 25.0 Å². The normalized spacial score (nSPS) is 9.47. The SMILES string of the molecule is CCCN(CC(=O)NC)c1ccnc(C#N)c1. The lowest BCUT2D eigenvalue weighted by Crippen LogP contribution is -2.36. The van der Waals surface area contributed by atoms with E-state index >= 15 is 0 Å². The van der Waals surface area contributed by atoms with Gasteiger partial charge in [-0.05, 0) is 18.6 Å². The first-order valence-corrected chi connectivity index (χ1v) is 5.53. The Morgan fingerprint density at radius 2 is 2.41 bits per heavy atom. The maximum atomic E-state index is 11.4. The molecule has 0 saturated heterocycles. The van der Waals surface area contributed by atoms with E-state index in [1.807, 2.05) is 17.9 Å². The number of pyridine rings is 1. The molecule has 0 spiro atoms. The summed E-state index contributed by atoms with van der Waals surface area (Å²) >= 11 is 0. The number of rotatable bonds is 5. The molecule has 1 amide bonds. The third kappa shape index (κ3) is 3.76. The zero-order valence-corrected chi connectivity index (χ0v) is 10.1. The summed E-state index contributed by atoms with van der Waals surface area (Å²) in [6, 6.07) is 5.49. The third-order valence-corrected chi connectivity index (χ3v) is 2.33. The molecule has 0 aromatic carbocycles. The fourth-order valence-corrected chi connectivity index (χ4v) is 1.50. The van der Waals surface area contributed by atoms with Crippen LogP contribution in [0, 0.1) is 11.3 Å². The van der Waals surface area contributed by atoms with Gasteiger partial charge in [-0.15, -0.1) is 0 Å². The summed E-state index contributed by atoms with van der Waals surface area (Å²) in [7, 11) is 1.61. The molecule has 1 N–H and O–H groups in total. The summed E-state index contributed by atoms with van der Waals surface area (Å²) < 4.78 is 0. The average molecular weight is 232 g/mol. The molecule has 0 aliphatic carbocycles. The Morgan fingerprint density at radius 3 is 3.00 bits per heavy atom. The van der Waals surface area contributed by atoms with Gasteiger partial charge in [0.05, 0.1) is 6.54 Å². The fraction of sp³-hybridized carbons (Fsp3) is 0.417. The largest absolute Gasteiger partial charge is 0.362 e. The number of anilines is 1. The number of hydrogen-bond donors (Lipinski definition) is 1. The molecule has 90 valence electrons. The molecule has 0 unspecified atom stereocenters. The molecule has 0 fully saturated rings. The molecular formula is C12H16N4O. The van der Waals surface area contributed by atoms with Crippen LogP contribution in [0.4, 0.5) is 5.69 Å². The van der Waals surface area contributed by atoms with E-state index in [0.29, 0.717) is 12.2 Å². The Balaban J connectivity index is 2.88. The van der Waals surface area contributed by atoms with Crippen LogP contribution in [-0.4, -0.2) is 31.0 Å². The first-order chi connectivity index (χ1) is 8.21. The van der Waals surface area contributed by atoms with Gasteiger partial charge in [-0.1, -0.05) is 6.92 Å². The summed E-state index contributed by atoms with van der Waals surface area (Å²) in [5.41, 5.74) is 1.21. The Bertz CT molecular complexity index is 425. The summed E-state index contributed by atoms with van der Waals surface area (Å²) in [4.78, 5) is 17.2. The number of carbonyl (C=O) groups excluding carboxylic acids is 1. The average Bonchev–Trinajstić information content (AvgIpc) is 2.38. The second-order valence-electron chi connectivity index (χ2n) is 3.61. The monoisotopic (exact) mass is 232 g/mol. The van der Waals surface area contributed by atoms with Crippen molar-refractivity contribution in [2.24, 2.45) is 0 Å². The van der Waals surface area contributed by atoms with E-state index in [2.05, 4.69) is 10.3 Å². The van der Waals surface area contributed by atoms with Crippen molar-refractivity contribution in [1.82, 2.24) is 10.3 Å². The summed E-state index contributed by atoms with van der Waals surface area (Å²) in [6.07, 6.45) is 2.52. The van der Waals surface area contributed by atoms with Gasteiger partial charge in [0.25, 0.3) is 0 Å². The summed E-state index contributed by atoms with van der Waals surface area (Å²) in [6.45, 7) is 3.10. The zero-order chi connectivity index (χ0) is 12.7. The van der Waals surface area contributed by atoms with E-state index in [1.165, 1.54) is 0 Å². The molecule has 17 heavy (non-hydrogen) atoms. The number of hydrogen-bond acceptors (Lipinski definition) is 4. The highest BCUT2D eigenvalue weighted by molar-refractivity contribution is 5.81. The van der Waals surface area contributed by atoms with Gasteiger partial charge in [-0.3, -0.25) is 4.79 Å². The third-order valence-electron chi connectivity index (χ3n) is 2.33. The molecule has 1 rings (SSSR count). The van der Waals surface area contributed by atoms with Crippen LogP contribution >= 0.6 is 0 Å². The highest BCUT2D eigenvalue weighted by atomic mass is 16.1. The van der Waals surface area contributed by atoms with Crippen LogP contribution in [0.2, 0.25) is 0 Å². The van der Waals surface area contributed by atoms with Crippen molar-refractivity contribution in [3.63, 3.8) is 0 Å². The Kier molecular flexibility index (Phi) is 4.95. The molecule has 0 radical (unpaired) electrons. The van der Waals surface area contributed by atoms with E-state index in [1.54, 1.807) is 25.4 Å². The zero-order valence-electron chi connectivity index (χ0n) is 10.1. The van der Waals surface area contributed by atoms with Gasteiger partial charge in [0.2, 0.25) is 5.91 Å². The van der Waals surface area contributed by atoms with Gasteiger partial charge >= 0.3 is 0 Å². The number of nitrogens with one attached hydrogen (secondary N) is 1. The predicted octanol–water partition coefficient (Wildman–Crippen LogP) is 0.916. The Labute approximate surface area is 101 Å². The fourth-order valence-electron chi connectivity index (χ4n) is 1.50. The van der Waals surface area contributed by atoms with Crippen molar-refractivity contribution in [1.29, 1.82) is 5.26 Å². The van der Waals surface area contributed by atoms with E-state index in [4.69, 9.17) is 5.26 Å². The van der Waals surface area contributed by atoms with Crippen LogP contribution in [0.5, 0.6) is 0 Å². The van der Waals surface area contributed by atoms with Gasteiger partial charge in [0.1, 0.15) is 11.8 Å².